The summed E-state index contributed by atoms with van der Waals surface area (Å²) in [7, 11) is 0. The van der Waals surface area contributed by atoms with Crippen LogP contribution in [-0.4, -0.2) is 36.6 Å². The molecule has 1 aliphatic rings. The molecule has 0 saturated heterocycles. The monoisotopic (exact) mass is 458 g/mol. The van der Waals surface area contributed by atoms with Gasteiger partial charge in [-0.2, -0.15) is 36.5 Å². The van der Waals surface area contributed by atoms with E-state index in [9.17, 15) is 31.1 Å². The van der Waals surface area contributed by atoms with Gasteiger partial charge in [-0.1, -0.05) is 0 Å². The number of pyridine rings is 1. The lowest BCUT2D eigenvalue weighted by Gasteiger charge is -2.24. The van der Waals surface area contributed by atoms with Crippen LogP contribution in [0.4, 0.5) is 26.3 Å². The van der Waals surface area contributed by atoms with Crippen molar-refractivity contribution in [3.63, 3.8) is 0 Å². The maximum absolute atomic E-state index is 13.0. The van der Waals surface area contributed by atoms with Crippen molar-refractivity contribution in [3.8, 4) is 11.3 Å². The van der Waals surface area contributed by atoms with Crippen LogP contribution in [0.2, 0.25) is 0 Å². The normalized spacial score (nSPS) is 16.6. The second kappa shape index (κ2) is 7.95. The lowest BCUT2D eigenvalue weighted by Crippen LogP contribution is -2.32. The number of carbonyl (C=O) groups excluding carboxylic acids is 1. The predicted molar refractivity (Wildman–Crippen MR) is 98.2 cm³/mol. The van der Waals surface area contributed by atoms with Crippen LogP contribution in [0.15, 0.2) is 36.8 Å². The number of carbonyl (C=O) groups is 1. The Labute approximate surface area is 177 Å². The predicted octanol–water partition coefficient (Wildman–Crippen LogP) is 3.99. The SMILES string of the molecule is O=C(NC1CCCn2nc(-c3ccnc(C(F)(F)F)c3)cc21)c1cnn(CC(F)(F)F)c1. The molecule has 1 aliphatic heterocycles. The second-order valence-corrected chi connectivity index (χ2v) is 7.32. The Morgan fingerprint density at radius 3 is 2.69 bits per heavy atom. The molecule has 7 nitrogen and oxygen atoms in total. The molecule has 1 N–H and O–H groups in total. The standard InChI is InChI=1S/C19H16F6N6O/c20-18(21,22)10-30-9-12(8-27-30)17(32)28-13-2-1-5-31-15(13)7-14(29-31)11-3-4-26-16(6-11)19(23,24)25/h3-4,6-9,13H,1-2,5,10H2,(H,28,32). The van der Waals surface area contributed by atoms with Crippen molar-refractivity contribution >= 4 is 5.91 Å². The van der Waals surface area contributed by atoms with Crippen molar-refractivity contribution in [1.82, 2.24) is 29.9 Å². The third kappa shape index (κ3) is 4.75. The number of nitrogens with zero attached hydrogens (tertiary/aromatic N) is 5. The summed E-state index contributed by atoms with van der Waals surface area (Å²) in [6.07, 6.45) is -4.78. The number of amides is 1. The number of alkyl halides is 6. The van der Waals surface area contributed by atoms with E-state index >= 15 is 0 Å². The van der Waals surface area contributed by atoms with Gasteiger partial charge in [-0.15, -0.1) is 0 Å². The number of hydrogen-bond acceptors (Lipinski definition) is 4. The fourth-order valence-corrected chi connectivity index (χ4v) is 3.51. The molecule has 1 unspecified atom stereocenters. The van der Waals surface area contributed by atoms with Crippen molar-refractivity contribution < 1.29 is 31.1 Å². The summed E-state index contributed by atoms with van der Waals surface area (Å²) < 4.78 is 78.6. The first-order chi connectivity index (χ1) is 15.0. The number of halogens is 6. The Hall–Kier alpha value is -3.38. The third-order valence-electron chi connectivity index (χ3n) is 4.92. The summed E-state index contributed by atoms with van der Waals surface area (Å²) >= 11 is 0. The molecule has 1 atom stereocenters. The van der Waals surface area contributed by atoms with Gasteiger partial charge in [-0.3, -0.25) is 19.1 Å². The quantitative estimate of drug-likeness (QED) is 0.600. The van der Waals surface area contributed by atoms with Crippen molar-refractivity contribution in [2.24, 2.45) is 0 Å². The van der Waals surface area contributed by atoms with E-state index in [0.717, 1.165) is 24.7 Å². The van der Waals surface area contributed by atoms with Gasteiger partial charge in [0.2, 0.25) is 0 Å². The molecule has 0 fully saturated rings. The van der Waals surface area contributed by atoms with Gasteiger partial charge in [-0.05, 0) is 31.0 Å². The van der Waals surface area contributed by atoms with Crippen molar-refractivity contribution in [2.75, 3.05) is 0 Å². The maximum atomic E-state index is 13.0. The number of aromatic nitrogens is 5. The summed E-state index contributed by atoms with van der Waals surface area (Å²) in [4.78, 5) is 15.9. The zero-order chi connectivity index (χ0) is 23.1. The van der Waals surface area contributed by atoms with Crippen LogP contribution in [0.5, 0.6) is 0 Å². The first kappa shape index (κ1) is 21.8. The van der Waals surface area contributed by atoms with E-state index in [1.165, 1.54) is 6.07 Å². The van der Waals surface area contributed by atoms with E-state index in [2.05, 4.69) is 20.5 Å². The van der Waals surface area contributed by atoms with E-state index in [4.69, 9.17) is 0 Å². The molecule has 0 aromatic carbocycles. The third-order valence-corrected chi connectivity index (χ3v) is 4.92. The first-order valence-corrected chi connectivity index (χ1v) is 9.51. The van der Waals surface area contributed by atoms with Crippen molar-refractivity contribution in [2.45, 2.75) is 44.3 Å². The second-order valence-electron chi connectivity index (χ2n) is 7.32. The minimum Gasteiger partial charge on any atom is -0.344 e. The fraction of sp³-hybridized carbons (Fsp3) is 0.368. The summed E-state index contributed by atoms with van der Waals surface area (Å²) in [6.45, 7) is -0.798. The molecule has 0 aliphatic carbocycles. The fourth-order valence-electron chi connectivity index (χ4n) is 3.51. The zero-order valence-electron chi connectivity index (χ0n) is 16.3. The molecule has 4 heterocycles. The average molecular weight is 458 g/mol. The number of hydrogen-bond donors (Lipinski definition) is 1. The first-order valence-electron chi connectivity index (χ1n) is 9.51. The molecule has 3 aromatic heterocycles. The van der Waals surface area contributed by atoms with Crippen LogP contribution >= 0.6 is 0 Å². The van der Waals surface area contributed by atoms with Gasteiger partial charge in [0.05, 0.1) is 29.2 Å². The van der Waals surface area contributed by atoms with E-state index in [1.807, 2.05) is 0 Å². The summed E-state index contributed by atoms with van der Waals surface area (Å²) in [6, 6.07) is 3.39. The Kier molecular flexibility index (Phi) is 5.42. The number of fused-ring (bicyclic) bond motifs is 1. The van der Waals surface area contributed by atoms with Gasteiger partial charge in [0.1, 0.15) is 12.2 Å². The summed E-state index contributed by atoms with van der Waals surface area (Å²) in [5, 5.41) is 10.6. The zero-order valence-corrected chi connectivity index (χ0v) is 16.3. The van der Waals surface area contributed by atoms with E-state index in [0.29, 0.717) is 35.5 Å². The van der Waals surface area contributed by atoms with Crippen LogP contribution in [-0.2, 0) is 19.3 Å². The molecule has 170 valence electrons. The Balaban J connectivity index is 1.54. The number of nitrogens with one attached hydrogen (secondary N) is 1. The highest BCUT2D eigenvalue weighted by molar-refractivity contribution is 5.94. The molecule has 3 aromatic rings. The molecular formula is C19H16F6N6O. The number of aryl methyl sites for hydroxylation is 1. The molecular weight excluding hydrogens is 442 g/mol. The minimum atomic E-state index is -4.59. The summed E-state index contributed by atoms with van der Waals surface area (Å²) in [5.74, 6) is -0.608. The number of rotatable bonds is 4. The van der Waals surface area contributed by atoms with Crippen LogP contribution in [0.1, 0.15) is 40.6 Å². The lowest BCUT2D eigenvalue weighted by atomic mass is 10.0. The van der Waals surface area contributed by atoms with Gasteiger partial charge in [-0.25, -0.2) is 0 Å². The van der Waals surface area contributed by atoms with Crippen LogP contribution in [0.3, 0.4) is 0 Å². The van der Waals surface area contributed by atoms with Crippen molar-refractivity contribution in [3.05, 3.63) is 53.7 Å². The molecule has 13 heteroatoms. The largest absolute Gasteiger partial charge is 0.433 e. The molecule has 0 radical (unpaired) electrons. The van der Waals surface area contributed by atoms with Gasteiger partial charge in [0.25, 0.3) is 5.91 Å². The van der Waals surface area contributed by atoms with E-state index in [-0.39, 0.29) is 11.1 Å². The lowest BCUT2D eigenvalue weighted by molar-refractivity contribution is -0.143. The Morgan fingerprint density at radius 1 is 1.19 bits per heavy atom. The van der Waals surface area contributed by atoms with Gasteiger partial charge < -0.3 is 5.32 Å². The minimum absolute atomic E-state index is 0.0323. The summed E-state index contributed by atoms with van der Waals surface area (Å²) in [5.41, 5.74) is 0.0455. The molecule has 0 saturated carbocycles. The van der Waals surface area contributed by atoms with Crippen LogP contribution in [0, 0.1) is 0 Å². The molecule has 4 rings (SSSR count). The van der Waals surface area contributed by atoms with Crippen molar-refractivity contribution in [1.29, 1.82) is 0 Å². The van der Waals surface area contributed by atoms with Gasteiger partial charge in [0, 0.05) is 24.5 Å². The van der Waals surface area contributed by atoms with E-state index < -0.39 is 36.5 Å². The highest BCUT2D eigenvalue weighted by atomic mass is 19.4. The Bertz CT molecular complexity index is 1130. The molecule has 0 bridgehead atoms. The Morgan fingerprint density at radius 2 is 1.97 bits per heavy atom. The highest BCUT2D eigenvalue weighted by Gasteiger charge is 2.33. The molecule has 0 spiro atoms. The molecule has 32 heavy (non-hydrogen) atoms. The molecule has 1 amide bonds. The van der Waals surface area contributed by atoms with Crippen LogP contribution < -0.4 is 5.32 Å². The van der Waals surface area contributed by atoms with Gasteiger partial charge >= 0.3 is 12.4 Å². The topological polar surface area (TPSA) is 77.6 Å². The maximum Gasteiger partial charge on any atom is 0.433 e. The smallest absolute Gasteiger partial charge is 0.344 e. The van der Waals surface area contributed by atoms with E-state index in [1.54, 1.807) is 10.7 Å². The van der Waals surface area contributed by atoms with Gasteiger partial charge in [0.15, 0.2) is 0 Å². The van der Waals surface area contributed by atoms with Crippen LogP contribution in [0.25, 0.3) is 11.3 Å². The highest BCUT2D eigenvalue weighted by Crippen LogP contribution is 2.33. The average Bonchev–Trinajstić information content (AvgIpc) is 3.34.